The molecule has 5 heteroatoms. The lowest BCUT2D eigenvalue weighted by atomic mass is 10.00. The minimum atomic E-state index is -0.219. The SMILES string of the molecule is C=CCOc1ncc(-c2ccc(-c3ccc(/C=C/CCCC(C)OCCCCC)c(F)c3)cc2)cn1. The molecule has 0 fully saturated rings. The molecule has 0 aliphatic heterocycles. The largest absolute Gasteiger partial charge is 0.459 e. The molecule has 1 unspecified atom stereocenters. The van der Waals surface area contributed by atoms with E-state index < -0.39 is 0 Å². The zero-order valence-electron chi connectivity index (χ0n) is 21.5. The van der Waals surface area contributed by atoms with E-state index in [2.05, 4.69) is 30.4 Å². The molecule has 36 heavy (non-hydrogen) atoms. The molecule has 0 radical (unpaired) electrons. The van der Waals surface area contributed by atoms with E-state index in [1.165, 1.54) is 12.8 Å². The fourth-order valence-corrected chi connectivity index (χ4v) is 3.82. The van der Waals surface area contributed by atoms with Crippen LogP contribution in [0.2, 0.25) is 0 Å². The van der Waals surface area contributed by atoms with Crippen LogP contribution in [-0.2, 0) is 4.74 Å². The van der Waals surface area contributed by atoms with Gasteiger partial charge in [0.05, 0.1) is 6.10 Å². The van der Waals surface area contributed by atoms with Crippen LogP contribution in [0.5, 0.6) is 6.01 Å². The number of benzene rings is 2. The molecular weight excluding hydrogens is 451 g/mol. The Hall–Kier alpha value is -3.31. The van der Waals surface area contributed by atoms with Gasteiger partial charge in [-0.2, -0.15) is 0 Å². The highest BCUT2D eigenvalue weighted by molar-refractivity contribution is 5.70. The van der Waals surface area contributed by atoms with Crippen molar-refractivity contribution in [2.75, 3.05) is 13.2 Å². The normalized spacial score (nSPS) is 12.1. The minimum Gasteiger partial charge on any atom is -0.459 e. The van der Waals surface area contributed by atoms with Gasteiger partial charge >= 0.3 is 6.01 Å². The van der Waals surface area contributed by atoms with Gasteiger partial charge in [-0.05, 0) is 55.4 Å². The van der Waals surface area contributed by atoms with Crippen molar-refractivity contribution in [3.05, 3.63) is 85.0 Å². The summed E-state index contributed by atoms with van der Waals surface area (Å²) >= 11 is 0. The van der Waals surface area contributed by atoms with Gasteiger partial charge in [0.25, 0.3) is 0 Å². The number of rotatable bonds is 15. The van der Waals surface area contributed by atoms with E-state index in [1.54, 1.807) is 24.5 Å². The third kappa shape index (κ3) is 8.72. The number of hydrogen-bond donors (Lipinski definition) is 0. The summed E-state index contributed by atoms with van der Waals surface area (Å²) in [7, 11) is 0. The van der Waals surface area contributed by atoms with Crippen LogP contribution < -0.4 is 4.74 Å². The van der Waals surface area contributed by atoms with E-state index in [9.17, 15) is 4.39 Å². The topological polar surface area (TPSA) is 44.2 Å². The first kappa shape index (κ1) is 27.3. The van der Waals surface area contributed by atoms with Gasteiger partial charge in [0.2, 0.25) is 0 Å². The second kappa shape index (κ2) is 14.9. The van der Waals surface area contributed by atoms with Crippen molar-refractivity contribution in [1.29, 1.82) is 0 Å². The number of halogens is 1. The average Bonchev–Trinajstić information content (AvgIpc) is 2.91. The third-order valence-corrected chi connectivity index (χ3v) is 5.94. The molecule has 0 spiro atoms. The molecule has 4 nitrogen and oxygen atoms in total. The Balaban J connectivity index is 1.51. The monoisotopic (exact) mass is 488 g/mol. The Kier molecular flexibility index (Phi) is 11.3. The molecule has 190 valence electrons. The molecule has 1 heterocycles. The van der Waals surface area contributed by atoms with Crippen LogP contribution in [0.4, 0.5) is 4.39 Å². The van der Waals surface area contributed by atoms with Crippen molar-refractivity contribution >= 4 is 6.08 Å². The summed E-state index contributed by atoms with van der Waals surface area (Å²) in [6.07, 6.45) is 15.8. The smallest absolute Gasteiger partial charge is 0.316 e. The summed E-state index contributed by atoms with van der Waals surface area (Å²) in [5.41, 5.74) is 4.27. The molecular formula is C31H37FN2O2. The summed E-state index contributed by atoms with van der Waals surface area (Å²) in [5, 5.41) is 0. The van der Waals surface area contributed by atoms with Crippen LogP contribution >= 0.6 is 0 Å². The lowest BCUT2D eigenvalue weighted by Gasteiger charge is -2.12. The zero-order chi connectivity index (χ0) is 25.6. The van der Waals surface area contributed by atoms with E-state index in [4.69, 9.17) is 9.47 Å². The summed E-state index contributed by atoms with van der Waals surface area (Å²) in [4.78, 5) is 8.43. The van der Waals surface area contributed by atoms with Crippen molar-refractivity contribution < 1.29 is 13.9 Å². The average molecular weight is 489 g/mol. The predicted molar refractivity (Wildman–Crippen MR) is 146 cm³/mol. The van der Waals surface area contributed by atoms with Crippen LogP contribution in [-0.4, -0.2) is 29.3 Å². The summed E-state index contributed by atoms with van der Waals surface area (Å²) in [6.45, 7) is 9.15. The highest BCUT2D eigenvalue weighted by Crippen LogP contribution is 2.26. The van der Waals surface area contributed by atoms with Gasteiger partial charge in [-0.15, -0.1) is 0 Å². The van der Waals surface area contributed by atoms with Gasteiger partial charge in [-0.25, -0.2) is 14.4 Å². The number of nitrogens with zero attached hydrogens (tertiary/aromatic N) is 2. The fourth-order valence-electron chi connectivity index (χ4n) is 3.82. The molecule has 0 aliphatic rings. The van der Waals surface area contributed by atoms with E-state index in [0.29, 0.717) is 18.2 Å². The Morgan fingerprint density at radius 1 is 0.944 bits per heavy atom. The maximum absolute atomic E-state index is 14.7. The van der Waals surface area contributed by atoms with Crippen LogP contribution in [0, 0.1) is 5.82 Å². The first-order valence-corrected chi connectivity index (χ1v) is 12.8. The van der Waals surface area contributed by atoms with Crippen molar-refractivity contribution in [2.45, 2.75) is 58.5 Å². The highest BCUT2D eigenvalue weighted by Gasteiger charge is 2.06. The number of aromatic nitrogens is 2. The van der Waals surface area contributed by atoms with E-state index >= 15 is 0 Å². The maximum Gasteiger partial charge on any atom is 0.316 e. The van der Waals surface area contributed by atoms with Gasteiger partial charge < -0.3 is 9.47 Å². The first-order chi connectivity index (χ1) is 17.6. The van der Waals surface area contributed by atoms with Crippen LogP contribution in [0.25, 0.3) is 28.3 Å². The minimum absolute atomic E-state index is 0.219. The quantitative estimate of drug-likeness (QED) is 0.159. The Morgan fingerprint density at radius 3 is 2.31 bits per heavy atom. The van der Waals surface area contributed by atoms with Crippen molar-refractivity contribution in [3.63, 3.8) is 0 Å². The van der Waals surface area contributed by atoms with E-state index in [0.717, 1.165) is 54.5 Å². The highest BCUT2D eigenvalue weighted by atomic mass is 19.1. The fraction of sp³-hybridized carbons (Fsp3) is 0.355. The Bertz CT molecular complexity index is 1090. The Labute approximate surface area is 214 Å². The second-order valence-electron chi connectivity index (χ2n) is 8.89. The van der Waals surface area contributed by atoms with E-state index in [-0.39, 0.29) is 11.9 Å². The molecule has 0 saturated carbocycles. The molecule has 0 saturated heterocycles. The van der Waals surface area contributed by atoms with Crippen molar-refractivity contribution in [1.82, 2.24) is 9.97 Å². The zero-order valence-corrected chi connectivity index (χ0v) is 21.5. The first-order valence-electron chi connectivity index (χ1n) is 12.8. The van der Waals surface area contributed by atoms with Crippen LogP contribution in [0.15, 0.2) is 73.6 Å². The standard InChI is InChI=1S/C31H37FN2O2/c1-4-6-10-20-35-24(3)11-8-7-9-12-27-17-18-28(21-30(27)32)25-13-15-26(16-14-25)29-22-33-31(34-23-29)36-19-5-2/h5,9,12-18,21-24H,2,4,6-8,10-11,19-20H2,1,3H3/b12-9+. The van der Waals surface area contributed by atoms with E-state index in [1.807, 2.05) is 48.6 Å². The second-order valence-corrected chi connectivity index (χ2v) is 8.89. The summed E-state index contributed by atoms with van der Waals surface area (Å²) in [6, 6.07) is 13.6. The number of hydrogen-bond acceptors (Lipinski definition) is 4. The molecule has 0 aliphatic carbocycles. The lowest BCUT2D eigenvalue weighted by molar-refractivity contribution is 0.0566. The number of allylic oxidation sites excluding steroid dienone is 1. The van der Waals surface area contributed by atoms with Crippen LogP contribution in [0.1, 0.15) is 57.9 Å². The molecule has 1 atom stereocenters. The lowest BCUT2D eigenvalue weighted by Crippen LogP contribution is -2.08. The third-order valence-electron chi connectivity index (χ3n) is 5.94. The summed E-state index contributed by atoms with van der Waals surface area (Å²) in [5.74, 6) is -0.219. The molecule has 0 bridgehead atoms. The van der Waals surface area contributed by atoms with Crippen LogP contribution in [0.3, 0.4) is 0 Å². The number of ether oxygens (including phenoxy) is 2. The number of unbranched alkanes of at least 4 members (excludes halogenated alkanes) is 3. The van der Waals surface area contributed by atoms with Gasteiger partial charge in [0, 0.05) is 30.1 Å². The predicted octanol–water partition coefficient (Wildman–Crippen LogP) is 8.29. The Morgan fingerprint density at radius 2 is 1.64 bits per heavy atom. The van der Waals surface area contributed by atoms with Gasteiger partial charge in [0.15, 0.2) is 0 Å². The van der Waals surface area contributed by atoms with Crippen molar-refractivity contribution in [3.8, 4) is 28.3 Å². The maximum atomic E-state index is 14.7. The van der Waals surface area contributed by atoms with Gasteiger partial charge in [0.1, 0.15) is 12.4 Å². The summed E-state index contributed by atoms with van der Waals surface area (Å²) < 4.78 is 25.9. The van der Waals surface area contributed by atoms with Gasteiger partial charge in [-0.3, -0.25) is 0 Å². The molecule has 0 N–H and O–H groups in total. The molecule has 2 aromatic carbocycles. The molecule has 0 amide bonds. The molecule has 3 rings (SSSR count). The molecule has 1 aromatic heterocycles. The van der Waals surface area contributed by atoms with Gasteiger partial charge in [-0.1, -0.05) is 81.0 Å². The van der Waals surface area contributed by atoms with Crippen molar-refractivity contribution in [2.24, 2.45) is 0 Å². The molecule has 3 aromatic rings.